The number of hydrogen-bond donors (Lipinski definition) is 0. The summed E-state index contributed by atoms with van der Waals surface area (Å²) in [6.07, 6.45) is 0.667. The molecule has 0 aromatic heterocycles. The molecule has 3 nitrogen and oxygen atoms in total. The van der Waals surface area contributed by atoms with E-state index in [1.165, 1.54) is 0 Å². The van der Waals surface area contributed by atoms with E-state index in [1.807, 2.05) is 27.7 Å². The van der Waals surface area contributed by atoms with Crippen molar-refractivity contribution in [1.82, 2.24) is 5.06 Å². The first kappa shape index (κ1) is 9.50. The molecule has 1 aliphatic heterocycles. The van der Waals surface area contributed by atoms with Crippen LogP contribution < -0.4 is 0 Å². The van der Waals surface area contributed by atoms with Crippen molar-refractivity contribution in [3.63, 3.8) is 0 Å². The van der Waals surface area contributed by atoms with E-state index in [-0.39, 0.29) is 11.5 Å². The fraction of sp³-hybridized carbons (Fsp3) is 0.889. The van der Waals surface area contributed by atoms with Crippen molar-refractivity contribution in [3.8, 4) is 6.07 Å². The molecule has 0 spiro atoms. The molecule has 0 saturated carbocycles. The highest BCUT2D eigenvalue weighted by Gasteiger charge is 2.46. The molecule has 0 bridgehead atoms. The quantitative estimate of drug-likeness (QED) is 0.553. The highest BCUT2D eigenvalue weighted by molar-refractivity contribution is 5.12. The molecule has 3 heteroatoms. The van der Waals surface area contributed by atoms with Gasteiger partial charge in [-0.2, -0.15) is 5.26 Å². The normalized spacial score (nSPS) is 33.2. The van der Waals surface area contributed by atoms with E-state index in [0.29, 0.717) is 6.42 Å². The smallest absolute Gasteiger partial charge is 0.0675 e. The van der Waals surface area contributed by atoms with Crippen LogP contribution in [0.4, 0.5) is 0 Å². The summed E-state index contributed by atoms with van der Waals surface area (Å²) in [7, 11) is 0. The number of nitriles is 1. The third-order valence-electron chi connectivity index (χ3n) is 2.79. The summed E-state index contributed by atoms with van der Waals surface area (Å²) in [6, 6.07) is 2.20. The van der Waals surface area contributed by atoms with Crippen molar-refractivity contribution in [3.05, 3.63) is 5.21 Å². The largest absolute Gasteiger partial charge is 0.784 e. The third kappa shape index (κ3) is 1.12. The minimum absolute atomic E-state index is 0.148. The van der Waals surface area contributed by atoms with Gasteiger partial charge in [0.1, 0.15) is 0 Å². The highest BCUT2D eigenvalue weighted by Crippen LogP contribution is 2.43. The van der Waals surface area contributed by atoms with Crippen LogP contribution in [0, 0.1) is 22.5 Å². The lowest BCUT2D eigenvalue weighted by Gasteiger charge is -2.46. The van der Waals surface area contributed by atoms with Crippen LogP contribution in [0.5, 0.6) is 0 Å². The van der Waals surface area contributed by atoms with Gasteiger partial charge in [0, 0.05) is 11.1 Å². The molecule has 1 rings (SSSR count). The average molecular weight is 167 g/mol. The van der Waals surface area contributed by atoms with Crippen molar-refractivity contribution in [2.24, 2.45) is 5.92 Å². The molecular formula is C9H15N2O-. The maximum atomic E-state index is 11.7. The van der Waals surface area contributed by atoms with Crippen LogP contribution in [-0.2, 0) is 0 Å². The Bertz CT molecular complexity index is 227. The van der Waals surface area contributed by atoms with Gasteiger partial charge in [0.15, 0.2) is 0 Å². The minimum atomic E-state index is -0.530. The number of rotatable bonds is 0. The summed E-state index contributed by atoms with van der Waals surface area (Å²) in [5.41, 5.74) is -0.915. The standard InChI is InChI=1S/C9H15N2O/c1-8(2)5-7(6-10)9(3,4)11(8)12/h7H,5H2,1-4H3/q-1. The van der Waals surface area contributed by atoms with Gasteiger partial charge in [-0.25, -0.2) is 0 Å². The first-order valence-corrected chi connectivity index (χ1v) is 4.19. The summed E-state index contributed by atoms with van der Waals surface area (Å²) >= 11 is 0. The molecule has 68 valence electrons. The summed E-state index contributed by atoms with van der Waals surface area (Å²) in [6.45, 7) is 7.45. The highest BCUT2D eigenvalue weighted by atomic mass is 16.5. The molecule has 0 amide bonds. The van der Waals surface area contributed by atoms with Gasteiger partial charge < -0.3 is 10.3 Å². The average Bonchev–Trinajstić information content (AvgIpc) is 2.11. The lowest BCUT2D eigenvalue weighted by molar-refractivity contribution is 0.136. The topological polar surface area (TPSA) is 50.1 Å². The Kier molecular flexibility index (Phi) is 1.94. The van der Waals surface area contributed by atoms with Gasteiger partial charge in [-0.1, -0.05) is 0 Å². The van der Waals surface area contributed by atoms with E-state index in [4.69, 9.17) is 5.26 Å². The Morgan fingerprint density at radius 2 is 1.92 bits per heavy atom. The fourth-order valence-electron chi connectivity index (χ4n) is 1.96. The maximum absolute atomic E-state index is 11.7. The van der Waals surface area contributed by atoms with Crippen LogP contribution in [0.25, 0.3) is 0 Å². The molecule has 0 aliphatic carbocycles. The lowest BCUT2D eigenvalue weighted by Crippen LogP contribution is -2.45. The number of hydroxylamine groups is 2. The monoisotopic (exact) mass is 167 g/mol. The molecule has 12 heavy (non-hydrogen) atoms. The van der Waals surface area contributed by atoms with Crippen molar-refractivity contribution in [1.29, 1.82) is 5.26 Å². The Labute approximate surface area is 73.6 Å². The zero-order chi connectivity index (χ0) is 9.57. The van der Waals surface area contributed by atoms with Gasteiger partial charge in [0.05, 0.1) is 12.0 Å². The zero-order valence-corrected chi connectivity index (χ0v) is 8.09. The second-order valence-electron chi connectivity index (χ2n) is 4.65. The van der Waals surface area contributed by atoms with E-state index in [9.17, 15) is 5.21 Å². The van der Waals surface area contributed by atoms with Crippen molar-refractivity contribution in [2.75, 3.05) is 0 Å². The molecular weight excluding hydrogens is 152 g/mol. The molecule has 1 unspecified atom stereocenters. The molecule has 1 fully saturated rings. The Hall–Kier alpha value is -0.590. The summed E-state index contributed by atoms with van der Waals surface area (Å²) in [5, 5.41) is 21.6. The zero-order valence-electron chi connectivity index (χ0n) is 8.09. The molecule has 1 atom stereocenters. The van der Waals surface area contributed by atoms with Gasteiger partial charge in [-0.05, 0) is 34.1 Å². The van der Waals surface area contributed by atoms with Gasteiger partial charge in [-0.3, -0.25) is 0 Å². The molecule has 0 aromatic rings. The fourth-order valence-corrected chi connectivity index (χ4v) is 1.96. The first-order valence-electron chi connectivity index (χ1n) is 4.19. The van der Waals surface area contributed by atoms with E-state index in [2.05, 4.69) is 6.07 Å². The van der Waals surface area contributed by atoms with Gasteiger partial charge in [-0.15, -0.1) is 0 Å². The summed E-state index contributed by atoms with van der Waals surface area (Å²) in [5.74, 6) is -0.148. The van der Waals surface area contributed by atoms with Crippen LogP contribution >= 0.6 is 0 Å². The van der Waals surface area contributed by atoms with Crippen molar-refractivity contribution < 1.29 is 0 Å². The van der Waals surface area contributed by atoms with Crippen LogP contribution in [0.3, 0.4) is 0 Å². The van der Waals surface area contributed by atoms with Crippen LogP contribution in [0.15, 0.2) is 0 Å². The Morgan fingerprint density at radius 1 is 1.42 bits per heavy atom. The summed E-state index contributed by atoms with van der Waals surface area (Å²) < 4.78 is 0. The molecule has 0 radical (unpaired) electrons. The van der Waals surface area contributed by atoms with E-state index in [1.54, 1.807) is 0 Å². The van der Waals surface area contributed by atoms with Gasteiger partial charge in [0.2, 0.25) is 0 Å². The second kappa shape index (κ2) is 2.45. The molecule has 0 aromatic carbocycles. The van der Waals surface area contributed by atoms with Crippen LogP contribution in [-0.4, -0.2) is 16.1 Å². The van der Waals surface area contributed by atoms with E-state index < -0.39 is 5.54 Å². The van der Waals surface area contributed by atoms with E-state index >= 15 is 0 Å². The van der Waals surface area contributed by atoms with Gasteiger partial charge in [0.25, 0.3) is 0 Å². The lowest BCUT2D eigenvalue weighted by atomic mass is 9.88. The predicted octanol–water partition coefficient (Wildman–Crippen LogP) is 1.89. The second-order valence-corrected chi connectivity index (χ2v) is 4.65. The predicted molar refractivity (Wildman–Crippen MR) is 47.1 cm³/mol. The number of hydrogen-bond acceptors (Lipinski definition) is 3. The maximum Gasteiger partial charge on any atom is 0.0675 e. The molecule has 1 heterocycles. The van der Waals surface area contributed by atoms with Crippen LogP contribution in [0.1, 0.15) is 34.1 Å². The van der Waals surface area contributed by atoms with Crippen molar-refractivity contribution >= 4 is 0 Å². The molecule has 0 N–H and O–H groups in total. The van der Waals surface area contributed by atoms with Crippen LogP contribution in [0.2, 0.25) is 0 Å². The minimum Gasteiger partial charge on any atom is -0.784 e. The van der Waals surface area contributed by atoms with Crippen molar-refractivity contribution in [2.45, 2.75) is 45.2 Å². The first-order chi connectivity index (χ1) is 5.32. The molecule has 1 saturated heterocycles. The van der Waals surface area contributed by atoms with E-state index in [0.717, 1.165) is 5.06 Å². The number of nitrogens with zero attached hydrogens (tertiary/aromatic N) is 2. The Balaban J connectivity index is 2.98. The summed E-state index contributed by atoms with van der Waals surface area (Å²) in [4.78, 5) is 0. The van der Waals surface area contributed by atoms with Gasteiger partial charge >= 0.3 is 0 Å². The molecule has 1 aliphatic rings. The SMILES string of the molecule is CC1(C)CC(C#N)C(C)(C)N1[O-]. The Morgan fingerprint density at radius 3 is 2.08 bits per heavy atom. The third-order valence-corrected chi connectivity index (χ3v) is 2.79.